The van der Waals surface area contributed by atoms with E-state index in [-0.39, 0.29) is 0 Å². The molecular formula is C20H24N4O. The van der Waals surface area contributed by atoms with Gasteiger partial charge in [0.1, 0.15) is 0 Å². The van der Waals surface area contributed by atoms with E-state index in [1.165, 1.54) is 18.4 Å². The average Bonchev–Trinajstić information content (AvgIpc) is 3.33. The molecule has 0 unspecified atom stereocenters. The molecule has 0 bridgehead atoms. The van der Waals surface area contributed by atoms with Gasteiger partial charge in [0.25, 0.3) is 0 Å². The molecule has 25 heavy (non-hydrogen) atoms. The molecule has 0 saturated carbocycles. The minimum atomic E-state index is 0.626. The van der Waals surface area contributed by atoms with Gasteiger partial charge in [-0.05, 0) is 44.3 Å². The van der Waals surface area contributed by atoms with E-state index in [0.29, 0.717) is 5.92 Å². The third-order valence-corrected chi connectivity index (χ3v) is 5.01. The Balaban J connectivity index is 1.34. The number of nitrogens with zero attached hydrogens (tertiary/aromatic N) is 4. The van der Waals surface area contributed by atoms with Crippen LogP contribution in [0.15, 0.2) is 53.3 Å². The van der Waals surface area contributed by atoms with Crippen molar-refractivity contribution >= 4 is 0 Å². The van der Waals surface area contributed by atoms with Crippen LogP contribution in [-0.2, 0) is 13.1 Å². The SMILES string of the molecule is CCn1cc(C2CCN(Cc3ncc(-c4ccccc4)o3)CC2)cn1. The third-order valence-electron chi connectivity index (χ3n) is 5.01. The molecule has 5 heteroatoms. The van der Waals surface area contributed by atoms with Gasteiger partial charge < -0.3 is 4.42 Å². The fourth-order valence-corrected chi connectivity index (χ4v) is 3.50. The molecule has 0 aliphatic carbocycles. The van der Waals surface area contributed by atoms with E-state index in [2.05, 4.69) is 28.1 Å². The molecule has 0 N–H and O–H groups in total. The van der Waals surface area contributed by atoms with Gasteiger partial charge in [0.05, 0.1) is 18.9 Å². The first-order valence-electron chi connectivity index (χ1n) is 9.06. The van der Waals surface area contributed by atoms with Crippen molar-refractivity contribution in [1.82, 2.24) is 19.7 Å². The van der Waals surface area contributed by atoms with Crippen LogP contribution in [0.2, 0.25) is 0 Å². The maximum atomic E-state index is 5.94. The second-order valence-electron chi connectivity index (χ2n) is 6.66. The largest absolute Gasteiger partial charge is 0.439 e. The fraction of sp³-hybridized carbons (Fsp3) is 0.400. The predicted octanol–water partition coefficient (Wildman–Crippen LogP) is 3.94. The molecule has 3 heterocycles. The van der Waals surface area contributed by atoms with Gasteiger partial charge in [-0.15, -0.1) is 0 Å². The molecule has 3 aromatic rings. The Hall–Kier alpha value is -2.40. The van der Waals surface area contributed by atoms with E-state index in [4.69, 9.17) is 4.42 Å². The molecule has 1 saturated heterocycles. The second-order valence-corrected chi connectivity index (χ2v) is 6.66. The first kappa shape index (κ1) is 16.1. The Kier molecular flexibility index (Phi) is 4.65. The molecule has 2 aromatic heterocycles. The zero-order valence-corrected chi connectivity index (χ0v) is 14.6. The Labute approximate surface area is 148 Å². The summed E-state index contributed by atoms with van der Waals surface area (Å²) in [6.07, 6.45) is 8.39. The Morgan fingerprint density at radius 2 is 1.92 bits per heavy atom. The van der Waals surface area contributed by atoms with Crippen LogP contribution >= 0.6 is 0 Å². The molecule has 0 radical (unpaired) electrons. The first-order chi connectivity index (χ1) is 12.3. The zero-order valence-electron chi connectivity index (χ0n) is 14.6. The summed E-state index contributed by atoms with van der Waals surface area (Å²) < 4.78 is 7.95. The molecule has 5 nitrogen and oxygen atoms in total. The van der Waals surface area contributed by atoms with Crippen LogP contribution in [0.25, 0.3) is 11.3 Å². The standard InChI is InChI=1S/C20H24N4O/c1-2-24-14-18(12-22-24)16-8-10-23(11-9-16)15-20-21-13-19(25-20)17-6-4-3-5-7-17/h3-7,12-14,16H,2,8-11,15H2,1H3. The van der Waals surface area contributed by atoms with E-state index < -0.39 is 0 Å². The van der Waals surface area contributed by atoms with Crippen LogP contribution in [0.5, 0.6) is 0 Å². The lowest BCUT2D eigenvalue weighted by Crippen LogP contribution is -2.32. The number of aryl methyl sites for hydroxylation is 1. The van der Waals surface area contributed by atoms with Gasteiger partial charge in [-0.1, -0.05) is 30.3 Å². The van der Waals surface area contributed by atoms with Crippen molar-refractivity contribution in [2.75, 3.05) is 13.1 Å². The summed E-state index contributed by atoms with van der Waals surface area (Å²) in [4.78, 5) is 6.89. The van der Waals surface area contributed by atoms with Gasteiger partial charge in [0, 0.05) is 18.3 Å². The van der Waals surface area contributed by atoms with Crippen molar-refractivity contribution in [3.8, 4) is 11.3 Å². The van der Waals surface area contributed by atoms with Gasteiger partial charge >= 0.3 is 0 Å². The van der Waals surface area contributed by atoms with Gasteiger partial charge in [0.2, 0.25) is 5.89 Å². The number of hydrogen-bond donors (Lipinski definition) is 0. The Bertz CT molecular complexity index is 800. The van der Waals surface area contributed by atoms with E-state index in [1.807, 2.05) is 47.4 Å². The van der Waals surface area contributed by atoms with Crippen LogP contribution < -0.4 is 0 Å². The number of likely N-dealkylation sites (tertiary alicyclic amines) is 1. The lowest BCUT2D eigenvalue weighted by molar-refractivity contribution is 0.188. The highest BCUT2D eigenvalue weighted by atomic mass is 16.4. The van der Waals surface area contributed by atoms with E-state index in [9.17, 15) is 0 Å². The van der Waals surface area contributed by atoms with Crippen LogP contribution in [0.1, 0.15) is 37.1 Å². The monoisotopic (exact) mass is 336 g/mol. The topological polar surface area (TPSA) is 47.1 Å². The highest BCUT2D eigenvalue weighted by Gasteiger charge is 2.22. The van der Waals surface area contributed by atoms with Crippen LogP contribution in [0, 0.1) is 0 Å². The quantitative estimate of drug-likeness (QED) is 0.708. The molecular weight excluding hydrogens is 312 g/mol. The molecule has 130 valence electrons. The number of aromatic nitrogens is 3. The Morgan fingerprint density at radius 1 is 1.12 bits per heavy atom. The molecule has 4 rings (SSSR count). The van der Waals surface area contributed by atoms with Crippen LogP contribution in [0.4, 0.5) is 0 Å². The summed E-state index contributed by atoms with van der Waals surface area (Å²) in [5.74, 6) is 2.27. The second kappa shape index (κ2) is 7.23. The first-order valence-corrected chi connectivity index (χ1v) is 9.06. The predicted molar refractivity (Wildman–Crippen MR) is 97.1 cm³/mol. The molecule has 1 fully saturated rings. The number of benzene rings is 1. The summed E-state index contributed by atoms with van der Waals surface area (Å²) >= 11 is 0. The summed E-state index contributed by atoms with van der Waals surface area (Å²) in [5.41, 5.74) is 2.46. The van der Waals surface area contributed by atoms with Crippen LogP contribution in [-0.4, -0.2) is 32.8 Å². The van der Waals surface area contributed by atoms with Crippen molar-refractivity contribution in [3.63, 3.8) is 0 Å². The summed E-state index contributed by atoms with van der Waals surface area (Å²) in [5, 5.41) is 4.41. The minimum absolute atomic E-state index is 0.626. The van der Waals surface area contributed by atoms with E-state index >= 15 is 0 Å². The average molecular weight is 336 g/mol. The Morgan fingerprint density at radius 3 is 2.64 bits per heavy atom. The molecule has 0 amide bonds. The van der Waals surface area contributed by atoms with Crippen molar-refractivity contribution in [2.24, 2.45) is 0 Å². The van der Waals surface area contributed by atoms with Gasteiger partial charge in [-0.2, -0.15) is 5.10 Å². The van der Waals surface area contributed by atoms with Crippen molar-refractivity contribution < 1.29 is 4.42 Å². The molecule has 0 spiro atoms. The molecule has 1 aliphatic heterocycles. The van der Waals surface area contributed by atoms with Gasteiger partial charge in [-0.3, -0.25) is 9.58 Å². The number of rotatable bonds is 5. The van der Waals surface area contributed by atoms with Crippen molar-refractivity contribution in [2.45, 2.75) is 38.8 Å². The van der Waals surface area contributed by atoms with Gasteiger partial charge in [0.15, 0.2) is 5.76 Å². The summed E-state index contributed by atoms with van der Waals surface area (Å²) in [6.45, 7) is 6.00. The lowest BCUT2D eigenvalue weighted by Gasteiger charge is -2.30. The summed E-state index contributed by atoms with van der Waals surface area (Å²) in [6, 6.07) is 10.1. The third kappa shape index (κ3) is 3.66. The zero-order chi connectivity index (χ0) is 17.1. The molecule has 1 aliphatic rings. The highest BCUT2D eigenvalue weighted by molar-refractivity contribution is 5.55. The van der Waals surface area contributed by atoms with Crippen molar-refractivity contribution in [1.29, 1.82) is 0 Å². The maximum Gasteiger partial charge on any atom is 0.209 e. The smallest absolute Gasteiger partial charge is 0.209 e. The summed E-state index contributed by atoms with van der Waals surface area (Å²) in [7, 11) is 0. The number of piperidine rings is 1. The van der Waals surface area contributed by atoms with E-state index in [0.717, 1.165) is 43.4 Å². The van der Waals surface area contributed by atoms with E-state index in [1.54, 1.807) is 0 Å². The fourth-order valence-electron chi connectivity index (χ4n) is 3.50. The highest BCUT2D eigenvalue weighted by Crippen LogP contribution is 2.28. The van der Waals surface area contributed by atoms with Crippen molar-refractivity contribution in [3.05, 3.63) is 60.4 Å². The molecule has 0 atom stereocenters. The van der Waals surface area contributed by atoms with Crippen LogP contribution in [0.3, 0.4) is 0 Å². The lowest BCUT2D eigenvalue weighted by atomic mass is 9.91. The number of oxazole rings is 1. The molecule has 1 aromatic carbocycles. The normalized spacial score (nSPS) is 16.4. The minimum Gasteiger partial charge on any atom is -0.439 e. The number of hydrogen-bond acceptors (Lipinski definition) is 4. The van der Waals surface area contributed by atoms with Gasteiger partial charge in [-0.25, -0.2) is 4.98 Å². The maximum absolute atomic E-state index is 5.94.